The summed E-state index contributed by atoms with van der Waals surface area (Å²) >= 11 is 0. The van der Waals surface area contributed by atoms with Crippen LogP contribution in [0.3, 0.4) is 0 Å². The van der Waals surface area contributed by atoms with Crippen molar-refractivity contribution in [1.82, 2.24) is 0 Å². The normalized spacial score (nSPS) is 11.2. The molecule has 6 nitrogen and oxygen atoms in total. The second-order valence-corrected chi connectivity index (χ2v) is 12.8. The maximum absolute atomic E-state index is 12.9. The van der Waals surface area contributed by atoms with E-state index in [-0.39, 0.29) is 57.1 Å². The van der Waals surface area contributed by atoms with Crippen LogP contribution in [0.2, 0.25) is 0 Å². The lowest BCUT2D eigenvalue weighted by Gasteiger charge is -2.29. The SMILES string of the molecule is CC(=O)CCC[N+](C)(C)CC(=O)c1ccc(-c2ccc(-c3ccc(C(=O)C[N+](C)(C)CCCC(C)=O)cc3)cc2)cc1.[Br-].[Br-]. The number of Topliss-reactive ketones (excluding diaryl/α,β-unsaturated/α-hetero) is 4. The molecule has 0 N–H and O–H groups in total. The van der Waals surface area contributed by atoms with E-state index in [1.807, 2.05) is 76.7 Å². The Morgan fingerprint density at radius 1 is 0.477 bits per heavy atom. The second kappa shape index (κ2) is 17.6. The van der Waals surface area contributed by atoms with Crippen molar-refractivity contribution in [2.45, 2.75) is 39.5 Å². The number of likely N-dealkylation sites (N-methyl/N-ethyl adjacent to an activating group) is 2. The molecule has 0 aliphatic heterocycles. The number of nitrogens with zero attached hydrogens (tertiary/aromatic N) is 2. The molecule has 3 aromatic rings. The van der Waals surface area contributed by atoms with E-state index in [9.17, 15) is 19.2 Å². The first-order valence-corrected chi connectivity index (χ1v) is 14.7. The molecule has 0 atom stereocenters. The Morgan fingerprint density at radius 3 is 0.977 bits per heavy atom. The Labute approximate surface area is 284 Å². The average Bonchev–Trinajstić information content (AvgIpc) is 2.92. The van der Waals surface area contributed by atoms with Crippen LogP contribution in [0, 0.1) is 0 Å². The zero-order chi connectivity index (χ0) is 30.9. The zero-order valence-corrected chi connectivity index (χ0v) is 30.0. The summed E-state index contributed by atoms with van der Waals surface area (Å²) in [5.41, 5.74) is 5.60. The fraction of sp³-hybridized carbons (Fsp3) is 0.389. The van der Waals surface area contributed by atoms with Crippen molar-refractivity contribution in [2.75, 3.05) is 54.4 Å². The van der Waals surface area contributed by atoms with Gasteiger partial charge in [-0.25, -0.2) is 0 Å². The zero-order valence-electron chi connectivity index (χ0n) is 26.9. The topological polar surface area (TPSA) is 68.3 Å². The first-order chi connectivity index (χ1) is 19.7. The van der Waals surface area contributed by atoms with E-state index >= 15 is 0 Å². The predicted octanol–water partition coefficient (Wildman–Crippen LogP) is 0.285. The number of ketones is 4. The van der Waals surface area contributed by atoms with Crippen LogP contribution in [0.15, 0.2) is 72.8 Å². The van der Waals surface area contributed by atoms with Gasteiger partial charge in [0.05, 0.1) is 41.3 Å². The van der Waals surface area contributed by atoms with Crippen LogP contribution >= 0.6 is 0 Å². The summed E-state index contributed by atoms with van der Waals surface area (Å²) in [7, 11) is 8.11. The third-order valence-corrected chi connectivity index (χ3v) is 7.69. The van der Waals surface area contributed by atoms with Crippen molar-refractivity contribution < 1.29 is 62.1 Å². The van der Waals surface area contributed by atoms with Crippen molar-refractivity contribution in [3.05, 3.63) is 83.9 Å². The summed E-state index contributed by atoms with van der Waals surface area (Å²) in [5.74, 6) is 0.566. The molecule has 238 valence electrons. The minimum Gasteiger partial charge on any atom is -1.00 e. The number of quaternary nitrogens is 2. The molecule has 0 bridgehead atoms. The molecule has 3 rings (SSSR count). The Morgan fingerprint density at radius 2 is 0.727 bits per heavy atom. The van der Waals surface area contributed by atoms with Gasteiger partial charge < -0.3 is 52.5 Å². The van der Waals surface area contributed by atoms with Gasteiger partial charge in [0.1, 0.15) is 24.7 Å². The highest BCUT2D eigenvalue weighted by Crippen LogP contribution is 2.26. The van der Waals surface area contributed by atoms with E-state index in [0.29, 0.717) is 46.0 Å². The van der Waals surface area contributed by atoms with Crippen molar-refractivity contribution in [2.24, 2.45) is 0 Å². The molecular weight excluding hydrogens is 684 g/mol. The highest BCUT2D eigenvalue weighted by Gasteiger charge is 2.22. The molecule has 44 heavy (non-hydrogen) atoms. The van der Waals surface area contributed by atoms with E-state index in [2.05, 4.69) is 24.3 Å². The molecule has 8 heteroatoms. The van der Waals surface area contributed by atoms with Gasteiger partial charge in [-0.3, -0.25) is 9.59 Å². The predicted molar refractivity (Wildman–Crippen MR) is 169 cm³/mol. The van der Waals surface area contributed by atoms with Crippen molar-refractivity contribution >= 4 is 23.1 Å². The van der Waals surface area contributed by atoms with Crippen LogP contribution < -0.4 is 34.0 Å². The third kappa shape index (κ3) is 12.7. The van der Waals surface area contributed by atoms with Gasteiger partial charge in [-0.15, -0.1) is 0 Å². The average molecular weight is 731 g/mol. The molecule has 0 aliphatic carbocycles. The van der Waals surface area contributed by atoms with Gasteiger partial charge in [0.2, 0.25) is 11.6 Å². The Kier molecular flexibility index (Phi) is 15.7. The highest BCUT2D eigenvalue weighted by molar-refractivity contribution is 5.98. The maximum Gasteiger partial charge on any atom is 0.216 e. The van der Waals surface area contributed by atoms with Crippen LogP contribution in [0.25, 0.3) is 22.3 Å². The smallest absolute Gasteiger partial charge is 0.216 e. The Bertz CT molecular complexity index is 1290. The van der Waals surface area contributed by atoms with Crippen molar-refractivity contribution in [3.8, 4) is 22.3 Å². The van der Waals surface area contributed by atoms with Gasteiger partial charge in [0.25, 0.3) is 0 Å². The van der Waals surface area contributed by atoms with E-state index in [1.54, 1.807) is 13.8 Å². The monoisotopic (exact) mass is 728 g/mol. The Hall–Kier alpha value is -2.78. The lowest BCUT2D eigenvalue weighted by Crippen LogP contribution is -3.00. The van der Waals surface area contributed by atoms with Gasteiger partial charge in [-0.1, -0.05) is 72.8 Å². The lowest BCUT2D eigenvalue weighted by molar-refractivity contribution is -0.882. The number of hydrogen-bond donors (Lipinski definition) is 0. The van der Waals surface area contributed by atoms with Crippen LogP contribution in [0.4, 0.5) is 0 Å². The minimum absolute atomic E-state index is 0. The van der Waals surface area contributed by atoms with Gasteiger partial charge in [-0.05, 0) is 36.1 Å². The minimum atomic E-state index is 0. The third-order valence-electron chi connectivity index (χ3n) is 7.69. The fourth-order valence-electron chi connectivity index (χ4n) is 5.18. The van der Waals surface area contributed by atoms with Crippen LogP contribution in [-0.2, 0) is 9.59 Å². The highest BCUT2D eigenvalue weighted by atomic mass is 79.9. The van der Waals surface area contributed by atoms with Gasteiger partial charge >= 0.3 is 0 Å². The molecule has 0 saturated heterocycles. The van der Waals surface area contributed by atoms with Crippen molar-refractivity contribution in [1.29, 1.82) is 0 Å². The molecule has 0 fully saturated rings. The maximum atomic E-state index is 12.9. The molecule has 0 spiro atoms. The number of halogens is 2. The van der Waals surface area contributed by atoms with Gasteiger partial charge in [0.15, 0.2) is 0 Å². The first-order valence-electron chi connectivity index (χ1n) is 14.7. The molecule has 0 aliphatic rings. The second-order valence-electron chi connectivity index (χ2n) is 12.8. The summed E-state index contributed by atoms with van der Waals surface area (Å²) in [4.78, 5) is 48.2. The van der Waals surface area contributed by atoms with Gasteiger partial charge in [0, 0.05) is 36.8 Å². The van der Waals surface area contributed by atoms with Crippen LogP contribution in [0.5, 0.6) is 0 Å². The van der Waals surface area contributed by atoms with E-state index in [1.165, 1.54) is 0 Å². The van der Waals surface area contributed by atoms with Crippen molar-refractivity contribution in [3.63, 3.8) is 0 Å². The van der Waals surface area contributed by atoms with Crippen LogP contribution in [-0.4, -0.2) is 86.5 Å². The number of carbonyl (C=O) groups excluding carboxylic acids is 4. The molecule has 0 amide bonds. The van der Waals surface area contributed by atoms with E-state index in [0.717, 1.165) is 48.2 Å². The summed E-state index contributed by atoms with van der Waals surface area (Å²) < 4.78 is 1.12. The molecule has 3 aromatic carbocycles. The molecular formula is C36H46Br2N2O4. The molecule has 0 saturated carbocycles. The largest absolute Gasteiger partial charge is 1.00 e. The molecule has 0 heterocycles. The summed E-state index contributed by atoms with van der Waals surface area (Å²) in [6, 6.07) is 23.8. The van der Waals surface area contributed by atoms with E-state index < -0.39 is 0 Å². The van der Waals surface area contributed by atoms with E-state index in [4.69, 9.17) is 0 Å². The van der Waals surface area contributed by atoms with Crippen LogP contribution in [0.1, 0.15) is 60.2 Å². The van der Waals surface area contributed by atoms with Gasteiger partial charge in [-0.2, -0.15) is 0 Å². The Balaban J connectivity index is 0.00000484. The standard InChI is InChI=1S/C36H46N2O4.2BrH/c1-27(39)9-7-23-37(3,4)25-35(41)33-19-15-31(16-20-33)29-11-13-30(14-12-29)32-17-21-34(22-18-32)36(42)26-38(5,6)24-8-10-28(2)40;;/h11-22H,7-10,23-26H2,1-6H3;2*1H/q+2;;/p-2. The quantitative estimate of drug-likeness (QED) is 0.157. The number of hydrogen-bond acceptors (Lipinski definition) is 4. The molecule has 0 radical (unpaired) electrons. The summed E-state index contributed by atoms with van der Waals surface area (Å²) in [5, 5.41) is 0. The lowest BCUT2D eigenvalue weighted by atomic mass is 9.98. The number of carbonyl (C=O) groups is 4. The molecule has 0 unspecified atom stereocenters. The summed E-state index contributed by atoms with van der Waals surface area (Å²) in [6.07, 6.45) is 2.68. The number of rotatable bonds is 16. The summed E-state index contributed by atoms with van der Waals surface area (Å²) in [6.45, 7) is 5.57. The number of benzene rings is 3. The fourth-order valence-corrected chi connectivity index (χ4v) is 5.18. The molecule has 0 aromatic heterocycles. The first kappa shape index (κ1) is 39.2.